The topological polar surface area (TPSA) is 15.3 Å². The highest BCUT2D eigenvalue weighted by Gasteiger charge is 2.33. The molecular weight excluding hydrogens is 196 g/mol. The lowest BCUT2D eigenvalue weighted by Gasteiger charge is -2.46. The van der Waals surface area contributed by atoms with E-state index in [0.717, 1.165) is 12.1 Å². The van der Waals surface area contributed by atoms with Crippen molar-refractivity contribution in [1.82, 2.24) is 10.2 Å². The number of hydrogen-bond donors (Lipinski definition) is 1. The van der Waals surface area contributed by atoms with Crippen LogP contribution >= 0.6 is 0 Å². The van der Waals surface area contributed by atoms with E-state index in [0.29, 0.717) is 5.41 Å². The first kappa shape index (κ1) is 12.4. The molecule has 2 rings (SSSR count). The first-order valence-corrected chi connectivity index (χ1v) is 7.07. The van der Waals surface area contributed by atoms with Crippen LogP contribution in [0.5, 0.6) is 0 Å². The van der Waals surface area contributed by atoms with Crippen molar-refractivity contribution in [3.8, 4) is 0 Å². The van der Waals surface area contributed by atoms with Crippen molar-refractivity contribution in [3.05, 3.63) is 0 Å². The Bertz CT molecular complexity index is 211. The summed E-state index contributed by atoms with van der Waals surface area (Å²) in [4.78, 5) is 2.77. The van der Waals surface area contributed by atoms with Gasteiger partial charge in [-0.15, -0.1) is 0 Å². The molecule has 0 aliphatic carbocycles. The van der Waals surface area contributed by atoms with Crippen LogP contribution in [0.15, 0.2) is 0 Å². The Labute approximate surface area is 101 Å². The second-order valence-corrected chi connectivity index (χ2v) is 6.36. The smallest absolute Gasteiger partial charge is 0.00699 e. The normalized spacial score (nSPS) is 36.2. The van der Waals surface area contributed by atoms with Crippen LogP contribution < -0.4 is 5.32 Å². The second-order valence-electron chi connectivity index (χ2n) is 6.36. The van der Waals surface area contributed by atoms with E-state index in [9.17, 15) is 0 Å². The Morgan fingerprint density at radius 3 is 2.25 bits per heavy atom. The lowest BCUT2D eigenvalue weighted by atomic mass is 9.79. The molecule has 2 aliphatic rings. The van der Waals surface area contributed by atoms with Crippen molar-refractivity contribution in [2.24, 2.45) is 5.41 Å². The highest BCUT2D eigenvalue weighted by atomic mass is 15.2. The summed E-state index contributed by atoms with van der Waals surface area (Å²) in [5.74, 6) is 0. The number of likely N-dealkylation sites (tertiary alicyclic amines) is 1. The van der Waals surface area contributed by atoms with E-state index in [4.69, 9.17) is 0 Å². The number of nitrogens with one attached hydrogen (secondary N) is 1. The Morgan fingerprint density at radius 1 is 1.12 bits per heavy atom. The second kappa shape index (κ2) is 5.05. The van der Waals surface area contributed by atoms with Crippen LogP contribution in [0.1, 0.15) is 52.9 Å². The molecule has 2 atom stereocenters. The van der Waals surface area contributed by atoms with E-state index in [1.807, 2.05) is 0 Å². The van der Waals surface area contributed by atoms with E-state index >= 15 is 0 Å². The molecule has 2 heterocycles. The van der Waals surface area contributed by atoms with Crippen molar-refractivity contribution in [1.29, 1.82) is 0 Å². The largest absolute Gasteiger partial charge is 0.317 e. The lowest BCUT2D eigenvalue weighted by Crippen LogP contribution is -2.50. The van der Waals surface area contributed by atoms with Gasteiger partial charge < -0.3 is 5.32 Å². The molecule has 0 aromatic heterocycles. The van der Waals surface area contributed by atoms with Crippen molar-refractivity contribution >= 4 is 0 Å². The van der Waals surface area contributed by atoms with Crippen LogP contribution in [0.3, 0.4) is 0 Å². The SMILES string of the molecule is CC1CCCC(C)N1CC1(C)CCNCC1. The summed E-state index contributed by atoms with van der Waals surface area (Å²) < 4.78 is 0. The fourth-order valence-corrected chi connectivity index (χ4v) is 3.42. The zero-order chi connectivity index (χ0) is 11.6. The van der Waals surface area contributed by atoms with E-state index in [2.05, 4.69) is 31.0 Å². The van der Waals surface area contributed by atoms with Crippen LogP contribution in [-0.4, -0.2) is 36.6 Å². The Hall–Kier alpha value is -0.0800. The maximum Gasteiger partial charge on any atom is 0.00699 e. The minimum atomic E-state index is 0.561. The number of rotatable bonds is 2. The zero-order valence-corrected chi connectivity index (χ0v) is 11.3. The van der Waals surface area contributed by atoms with Gasteiger partial charge in [-0.2, -0.15) is 0 Å². The Balaban J connectivity index is 1.95. The first-order valence-electron chi connectivity index (χ1n) is 7.07. The summed E-state index contributed by atoms with van der Waals surface area (Å²) in [6, 6.07) is 1.60. The maximum absolute atomic E-state index is 3.48. The highest BCUT2D eigenvalue weighted by molar-refractivity contribution is 4.88. The van der Waals surface area contributed by atoms with Gasteiger partial charge in [-0.3, -0.25) is 4.90 Å². The molecule has 2 aliphatic heterocycles. The van der Waals surface area contributed by atoms with E-state index < -0.39 is 0 Å². The van der Waals surface area contributed by atoms with E-state index in [-0.39, 0.29) is 0 Å². The average molecular weight is 224 g/mol. The third kappa shape index (κ3) is 2.78. The summed E-state index contributed by atoms with van der Waals surface area (Å²) in [6.07, 6.45) is 6.93. The molecule has 0 aromatic carbocycles. The van der Waals surface area contributed by atoms with Gasteiger partial charge in [0.05, 0.1) is 0 Å². The maximum atomic E-state index is 3.48. The molecule has 1 N–H and O–H groups in total. The predicted octanol–water partition coefficient (Wildman–Crippen LogP) is 2.64. The van der Waals surface area contributed by atoms with Gasteiger partial charge in [-0.05, 0) is 58.0 Å². The molecule has 0 saturated carbocycles. The molecule has 2 saturated heterocycles. The van der Waals surface area contributed by atoms with Crippen LogP contribution in [-0.2, 0) is 0 Å². The summed E-state index contributed by atoms with van der Waals surface area (Å²) in [5, 5.41) is 3.48. The summed E-state index contributed by atoms with van der Waals surface area (Å²) >= 11 is 0. The van der Waals surface area contributed by atoms with Gasteiger partial charge in [0.2, 0.25) is 0 Å². The zero-order valence-electron chi connectivity index (χ0n) is 11.3. The molecule has 2 unspecified atom stereocenters. The molecule has 16 heavy (non-hydrogen) atoms. The molecule has 2 fully saturated rings. The minimum Gasteiger partial charge on any atom is -0.317 e. The molecule has 0 aromatic rings. The van der Waals surface area contributed by atoms with Gasteiger partial charge in [-0.1, -0.05) is 13.3 Å². The van der Waals surface area contributed by atoms with Crippen molar-refractivity contribution in [2.45, 2.75) is 65.0 Å². The monoisotopic (exact) mass is 224 g/mol. The molecule has 0 amide bonds. The van der Waals surface area contributed by atoms with Crippen LogP contribution in [0.4, 0.5) is 0 Å². The standard InChI is InChI=1S/C14H28N2/c1-12-5-4-6-13(2)16(12)11-14(3)7-9-15-10-8-14/h12-13,15H,4-11H2,1-3H3. The van der Waals surface area contributed by atoms with Gasteiger partial charge in [-0.25, -0.2) is 0 Å². The fraction of sp³-hybridized carbons (Fsp3) is 1.00. The van der Waals surface area contributed by atoms with Crippen LogP contribution in [0, 0.1) is 5.41 Å². The first-order chi connectivity index (χ1) is 7.61. The van der Waals surface area contributed by atoms with Crippen molar-refractivity contribution in [3.63, 3.8) is 0 Å². The number of nitrogens with zero attached hydrogens (tertiary/aromatic N) is 1. The summed E-state index contributed by atoms with van der Waals surface area (Å²) in [7, 11) is 0. The molecular formula is C14H28N2. The van der Waals surface area contributed by atoms with Crippen molar-refractivity contribution < 1.29 is 0 Å². The summed E-state index contributed by atoms with van der Waals surface area (Å²) in [5.41, 5.74) is 0.561. The summed E-state index contributed by atoms with van der Waals surface area (Å²) in [6.45, 7) is 11.1. The third-order valence-corrected chi connectivity index (χ3v) is 4.75. The number of hydrogen-bond acceptors (Lipinski definition) is 2. The Kier molecular flexibility index (Phi) is 3.91. The van der Waals surface area contributed by atoms with Crippen LogP contribution in [0.25, 0.3) is 0 Å². The number of piperidine rings is 2. The quantitative estimate of drug-likeness (QED) is 0.776. The van der Waals surface area contributed by atoms with Gasteiger partial charge in [0.1, 0.15) is 0 Å². The van der Waals surface area contributed by atoms with Gasteiger partial charge >= 0.3 is 0 Å². The molecule has 0 radical (unpaired) electrons. The van der Waals surface area contributed by atoms with E-state index in [1.54, 1.807) is 0 Å². The van der Waals surface area contributed by atoms with Crippen molar-refractivity contribution in [2.75, 3.05) is 19.6 Å². The predicted molar refractivity (Wildman–Crippen MR) is 69.7 cm³/mol. The van der Waals surface area contributed by atoms with Gasteiger partial charge in [0.25, 0.3) is 0 Å². The molecule has 2 nitrogen and oxygen atoms in total. The highest BCUT2D eigenvalue weighted by Crippen LogP contribution is 2.33. The lowest BCUT2D eigenvalue weighted by molar-refractivity contribution is 0.0411. The van der Waals surface area contributed by atoms with Gasteiger partial charge in [0.15, 0.2) is 0 Å². The Morgan fingerprint density at radius 2 is 1.69 bits per heavy atom. The molecule has 94 valence electrons. The molecule has 2 heteroatoms. The molecule has 0 spiro atoms. The average Bonchev–Trinajstić information content (AvgIpc) is 2.25. The third-order valence-electron chi connectivity index (χ3n) is 4.75. The van der Waals surface area contributed by atoms with Gasteiger partial charge in [0, 0.05) is 18.6 Å². The fourth-order valence-electron chi connectivity index (χ4n) is 3.42. The van der Waals surface area contributed by atoms with E-state index in [1.165, 1.54) is 51.7 Å². The molecule has 0 bridgehead atoms. The van der Waals surface area contributed by atoms with Crippen LogP contribution in [0.2, 0.25) is 0 Å². The minimum absolute atomic E-state index is 0.561.